The van der Waals surface area contributed by atoms with E-state index in [1.165, 1.54) is 5.56 Å². The third kappa shape index (κ3) is 5.21. The highest BCUT2D eigenvalue weighted by Crippen LogP contribution is 2.12. The number of hydrogen-bond acceptors (Lipinski definition) is 2. The Kier molecular flexibility index (Phi) is 6.12. The lowest BCUT2D eigenvalue weighted by Gasteiger charge is -2.00. The van der Waals surface area contributed by atoms with Gasteiger partial charge in [0.25, 0.3) is 0 Å². The molecule has 0 aliphatic carbocycles. The molecule has 0 saturated carbocycles. The van der Waals surface area contributed by atoms with Gasteiger partial charge in [0.05, 0.1) is 7.11 Å². The Morgan fingerprint density at radius 1 is 1.11 bits per heavy atom. The van der Waals surface area contributed by atoms with Crippen LogP contribution < -0.4 is 4.74 Å². The van der Waals surface area contributed by atoms with Crippen LogP contribution in [0.2, 0.25) is 0 Å². The molecule has 0 aliphatic rings. The van der Waals surface area contributed by atoms with Gasteiger partial charge in [-0.3, -0.25) is 0 Å². The topological polar surface area (TPSA) is 29.5 Å². The predicted octanol–water partition coefficient (Wildman–Crippen LogP) is 3.82. The fraction of sp³-hybridized carbons (Fsp3) is 0.125. The van der Waals surface area contributed by atoms with E-state index in [9.17, 15) is 0 Å². The number of hydrogen-bond donors (Lipinski definition) is 1. The van der Waals surface area contributed by atoms with Crippen LogP contribution in [0.5, 0.6) is 11.5 Å². The number of methoxy groups -OCH3 is 1. The van der Waals surface area contributed by atoms with Crippen molar-refractivity contribution < 1.29 is 9.84 Å². The summed E-state index contributed by atoms with van der Waals surface area (Å²) in [6.07, 6.45) is 2.78. The summed E-state index contributed by atoms with van der Waals surface area (Å²) in [7, 11) is 1.67. The number of phenols is 1. The molecule has 2 heteroatoms. The summed E-state index contributed by atoms with van der Waals surface area (Å²) in [6.45, 7) is 3.67. The summed E-state index contributed by atoms with van der Waals surface area (Å²) >= 11 is 0. The van der Waals surface area contributed by atoms with Gasteiger partial charge in [0.2, 0.25) is 0 Å². The summed E-state index contributed by atoms with van der Waals surface area (Å²) in [6, 6.07) is 16.7. The molecule has 2 rings (SSSR count). The standard InChI is InChI=1S/C10H12O.C6H6O/c1-3-5-9-6-4-7-10(8-9)11-2;7-6-4-2-1-3-5-6/h3-4,6-8H,1,5H2,2H3;1-5,7H. The fourth-order valence-electron chi connectivity index (χ4n) is 1.39. The number of para-hydroxylation sites is 1. The monoisotopic (exact) mass is 242 g/mol. The minimum Gasteiger partial charge on any atom is -0.508 e. The second-order valence-corrected chi connectivity index (χ2v) is 3.68. The molecule has 2 aromatic rings. The third-order valence-electron chi connectivity index (χ3n) is 2.27. The molecule has 0 bridgehead atoms. The van der Waals surface area contributed by atoms with E-state index in [4.69, 9.17) is 9.84 Å². The zero-order valence-corrected chi connectivity index (χ0v) is 10.5. The summed E-state index contributed by atoms with van der Waals surface area (Å²) in [5.74, 6) is 1.23. The van der Waals surface area contributed by atoms with Gasteiger partial charge in [-0.2, -0.15) is 0 Å². The maximum absolute atomic E-state index is 8.63. The molecule has 0 spiro atoms. The average molecular weight is 242 g/mol. The Balaban J connectivity index is 0.000000199. The predicted molar refractivity (Wildman–Crippen MR) is 75.0 cm³/mol. The van der Waals surface area contributed by atoms with Crippen LogP contribution in [0, 0.1) is 0 Å². The van der Waals surface area contributed by atoms with Crippen molar-refractivity contribution >= 4 is 0 Å². The first-order valence-corrected chi connectivity index (χ1v) is 5.74. The molecule has 0 atom stereocenters. The highest BCUT2D eigenvalue weighted by molar-refractivity contribution is 5.29. The maximum atomic E-state index is 8.63. The maximum Gasteiger partial charge on any atom is 0.119 e. The van der Waals surface area contributed by atoms with Gasteiger partial charge in [0.1, 0.15) is 11.5 Å². The van der Waals surface area contributed by atoms with Gasteiger partial charge in [-0.25, -0.2) is 0 Å². The van der Waals surface area contributed by atoms with Gasteiger partial charge in [0.15, 0.2) is 0 Å². The van der Waals surface area contributed by atoms with E-state index in [2.05, 4.69) is 12.6 Å². The van der Waals surface area contributed by atoms with Gasteiger partial charge >= 0.3 is 0 Å². The van der Waals surface area contributed by atoms with E-state index in [0.717, 1.165) is 12.2 Å². The largest absolute Gasteiger partial charge is 0.508 e. The molecule has 0 radical (unpaired) electrons. The zero-order chi connectivity index (χ0) is 13.2. The second-order valence-electron chi connectivity index (χ2n) is 3.68. The Morgan fingerprint density at radius 3 is 2.33 bits per heavy atom. The number of ether oxygens (including phenoxy) is 1. The van der Waals surface area contributed by atoms with Crippen LogP contribution in [0.25, 0.3) is 0 Å². The highest BCUT2D eigenvalue weighted by Gasteiger charge is 1.91. The first-order valence-electron chi connectivity index (χ1n) is 5.74. The molecule has 18 heavy (non-hydrogen) atoms. The van der Waals surface area contributed by atoms with Crippen molar-refractivity contribution in [1.82, 2.24) is 0 Å². The van der Waals surface area contributed by atoms with Gasteiger partial charge in [-0.1, -0.05) is 36.4 Å². The SMILES string of the molecule is C=CCc1cccc(OC)c1.Oc1ccccc1. The summed E-state index contributed by atoms with van der Waals surface area (Å²) in [5.41, 5.74) is 1.24. The molecule has 1 N–H and O–H groups in total. The van der Waals surface area contributed by atoms with Crippen molar-refractivity contribution in [2.24, 2.45) is 0 Å². The molecule has 2 nitrogen and oxygen atoms in total. The Hall–Kier alpha value is -2.22. The Bertz CT molecular complexity index is 464. The summed E-state index contributed by atoms with van der Waals surface area (Å²) in [5, 5.41) is 8.63. The van der Waals surface area contributed by atoms with Crippen LogP contribution in [0.3, 0.4) is 0 Å². The number of benzene rings is 2. The number of rotatable bonds is 3. The van der Waals surface area contributed by atoms with Crippen molar-refractivity contribution in [3.8, 4) is 11.5 Å². The van der Waals surface area contributed by atoms with Crippen molar-refractivity contribution in [3.63, 3.8) is 0 Å². The van der Waals surface area contributed by atoms with Crippen LogP contribution >= 0.6 is 0 Å². The van der Waals surface area contributed by atoms with Crippen molar-refractivity contribution in [2.75, 3.05) is 7.11 Å². The molecular formula is C16H18O2. The molecule has 0 aliphatic heterocycles. The van der Waals surface area contributed by atoms with E-state index in [1.807, 2.05) is 30.3 Å². The number of phenolic OH excluding ortho intramolecular Hbond substituents is 1. The van der Waals surface area contributed by atoms with Crippen LogP contribution in [0.4, 0.5) is 0 Å². The van der Waals surface area contributed by atoms with E-state index in [-0.39, 0.29) is 0 Å². The molecule has 0 amide bonds. The zero-order valence-electron chi connectivity index (χ0n) is 10.5. The Morgan fingerprint density at radius 2 is 1.83 bits per heavy atom. The van der Waals surface area contributed by atoms with E-state index in [1.54, 1.807) is 31.4 Å². The van der Waals surface area contributed by atoms with Gasteiger partial charge in [-0.05, 0) is 36.2 Å². The fourth-order valence-corrected chi connectivity index (χ4v) is 1.39. The van der Waals surface area contributed by atoms with Crippen LogP contribution in [-0.4, -0.2) is 12.2 Å². The molecule has 0 unspecified atom stereocenters. The minimum absolute atomic E-state index is 0.322. The quantitative estimate of drug-likeness (QED) is 0.829. The smallest absolute Gasteiger partial charge is 0.119 e. The highest BCUT2D eigenvalue weighted by atomic mass is 16.5. The summed E-state index contributed by atoms with van der Waals surface area (Å²) in [4.78, 5) is 0. The van der Waals surface area contributed by atoms with Gasteiger partial charge in [-0.15, -0.1) is 6.58 Å². The van der Waals surface area contributed by atoms with Crippen LogP contribution in [-0.2, 0) is 6.42 Å². The van der Waals surface area contributed by atoms with Crippen LogP contribution in [0.1, 0.15) is 5.56 Å². The molecule has 0 saturated heterocycles. The van der Waals surface area contributed by atoms with E-state index in [0.29, 0.717) is 5.75 Å². The molecule has 0 aromatic heterocycles. The molecule has 0 fully saturated rings. The van der Waals surface area contributed by atoms with Crippen LogP contribution in [0.15, 0.2) is 67.3 Å². The normalized spacial score (nSPS) is 8.94. The van der Waals surface area contributed by atoms with Crippen molar-refractivity contribution in [1.29, 1.82) is 0 Å². The molecule has 0 heterocycles. The lowest BCUT2D eigenvalue weighted by atomic mass is 10.1. The molecular weight excluding hydrogens is 224 g/mol. The van der Waals surface area contributed by atoms with Gasteiger partial charge in [0, 0.05) is 0 Å². The first kappa shape index (κ1) is 13.8. The number of allylic oxidation sites excluding steroid dienone is 1. The molecule has 2 aromatic carbocycles. The van der Waals surface area contributed by atoms with Crippen molar-refractivity contribution in [3.05, 3.63) is 72.8 Å². The Labute approximate surface area is 108 Å². The van der Waals surface area contributed by atoms with Crippen molar-refractivity contribution in [2.45, 2.75) is 6.42 Å². The summed E-state index contributed by atoms with van der Waals surface area (Å²) < 4.78 is 5.07. The lowest BCUT2D eigenvalue weighted by molar-refractivity contribution is 0.414. The van der Waals surface area contributed by atoms with E-state index < -0.39 is 0 Å². The number of aromatic hydroxyl groups is 1. The first-order chi connectivity index (χ1) is 8.76. The lowest BCUT2D eigenvalue weighted by Crippen LogP contribution is -1.84. The third-order valence-corrected chi connectivity index (χ3v) is 2.27. The minimum atomic E-state index is 0.322. The average Bonchev–Trinajstić information content (AvgIpc) is 2.41. The second kappa shape index (κ2) is 7.96. The molecule has 94 valence electrons. The van der Waals surface area contributed by atoms with E-state index >= 15 is 0 Å². The van der Waals surface area contributed by atoms with Gasteiger partial charge < -0.3 is 9.84 Å².